The van der Waals surface area contributed by atoms with Gasteiger partial charge in [0.25, 0.3) is 0 Å². The SMILES string of the molecule is COc1ccc(-c2ccnc(-c3ccccn3)c2)cc1. The summed E-state index contributed by atoms with van der Waals surface area (Å²) in [5, 5.41) is 0. The van der Waals surface area contributed by atoms with Gasteiger partial charge in [0.2, 0.25) is 0 Å². The van der Waals surface area contributed by atoms with E-state index in [1.165, 1.54) is 0 Å². The Bertz CT molecular complexity index is 694. The van der Waals surface area contributed by atoms with Gasteiger partial charge < -0.3 is 4.74 Å². The topological polar surface area (TPSA) is 35.0 Å². The molecule has 98 valence electrons. The first kappa shape index (κ1) is 12.4. The van der Waals surface area contributed by atoms with E-state index in [0.29, 0.717) is 0 Å². The molecule has 0 N–H and O–H groups in total. The summed E-state index contributed by atoms with van der Waals surface area (Å²) in [4.78, 5) is 8.71. The zero-order chi connectivity index (χ0) is 13.8. The molecule has 0 aliphatic rings. The fourth-order valence-corrected chi connectivity index (χ4v) is 2.05. The van der Waals surface area contributed by atoms with Crippen molar-refractivity contribution in [2.24, 2.45) is 0 Å². The standard InChI is InChI=1S/C17H14N2O/c1-20-15-7-5-13(6-8-15)14-9-11-19-17(12-14)16-4-2-3-10-18-16/h2-12H,1H3. The largest absolute Gasteiger partial charge is 0.497 e. The maximum Gasteiger partial charge on any atom is 0.118 e. The van der Waals surface area contributed by atoms with Gasteiger partial charge in [-0.1, -0.05) is 18.2 Å². The highest BCUT2D eigenvalue weighted by Crippen LogP contribution is 2.25. The van der Waals surface area contributed by atoms with E-state index in [2.05, 4.69) is 9.97 Å². The van der Waals surface area contributed by atoms with Crippen LogP contribution in [-0.2, 0) is 0 Å². The van der Waals surface area contributed by atoms with E-state index in [1.807, 2.05) is 60.8 Å². The molecular weight excluding hydrogens is 248 g/mol. The van der Waals surface area contributed by atoms with Crippen LogP contribution in [-0.4, -0.2) is 17.1 Å². The predicted octanol–water partition coefficient (Wildman–Crippen LogP) is 3.82. The summed E-state index contributed by atoms with van der Waals surface area (Å²) in [5.41, 5.74) is 4.00. The van der Waals surface area contributed by atoms with Gasteiger partial charge in [-0.05, 0) is 47.5 Å². The van der Waals surface area contributed by atoms with Crippen molar-refractivity contribution in [3.8, 4) is 28.3 Å². The van der Waals surface area contributed by atoms with Crippen LogP contribution in [0.5, 0.6) is 5.75 Å². The molecule has 0 radical (unpaired) electrons. The number of hydrogen-bond donors (Lipinski definition) is 0. The van der Waals surface area contributed by atoms with E-state index in [4.69, 9.17) is 4.74 Å². The van der Waals surface area contributed by atoms with Crippen molar-refractivity contribution >= 4 is 0 Å². The van der Waals surface area contributed by atoms with Crippen LogP contribution in [0.3, 0.4) is 0 Å². The maximum atomic E-state index is 5.18. The molecule has 0 aliphatic carbocycles. The molecule has 0 saturated heterocycles. The Morgan fingerprint density at radius 3 is 2.25 bits per heavy atom. The van der Waals surface area contributed by atoms with Crippen LogP contribution >= 0.6 is 0 Å². The van der Waals surface area contributed by atoms with Gasteiger partial charge in [0, 0.05) is 12.4 Å². The van der Waals surface area contributed by atoms with Crippen molar-refractivity contribution in [1.82, 2.24) is 9.97 Å². The lowest BCUT2D eigenvalue weighted by Crippen LogP contribution is -1.88. The minimum absolute atomic E-state index is 0.854. The molecule has 3 rings (SSSR count). The monoisotopic (exact) mass is 262 g/mol. The molecule has 0 saturated carbocycles. The number of nitrogens with zero attached hydrogens (tertiary/aromatic N) is 2. The Morgan fingerprint density at radius 1 is 0.750 bits per heavy atom. The minimum atomic E-state index is 0.854. The first-order valence-corrected chi connectivity index (χ1v) is 6.39. The second-order valence-corrected chi connectivity index (χ2v) is 4.37. The average molecular weight is 262 g/mol. The predicted molar refractivity (Wildman–Crippen MR) is 79.5 cm³/mol. The summed E-state index contributed by atoms with van der Waals surface area (Å²) >= 11 is 0. The fraction of sp³-hybridized carbons (Fsp3) is 0.0588. The molecule has 0 aliphatic heterocycles. The van der Waals surface area contributed by atoms with Crippen LogP contribution in [0, 0.1) is 0 Å². The molecule has 3 nitrogen and oxygen atoms in total. The van der Waals surface area contributed by atoms with Crippen LogP contribution in [0.2, 0.25) is 0 Å². The lowest BCUT2D eigenvalue weighted by atomic mass is 10.1. The molecule has 3 heteroatoms. The van der Waals surface area contributed by atoms with Gasteiger partial charge in [0.15, 0.2) is 0 Å². The fourth-order valence-electron chi connectivity index (χ4n) is 2.05. The third-order valence-corrected chi connectivity index (χ3v) is 3.11. The van der Waals surface area contributed by atoms with Crippen molar-refractivity contribution in [2.45, 2.75) is 0 Å². The van der Waals surface area contributed by atoms with Crippen molar-refractivity contribution in [3.05, 3.63) is 67.0 Å². The van der Waals surface area contributed by atoms with Gasteiger partial charge in [0.1, 0.15) is 5.75 Å². The van der Waals surface area contributed by atoms with Gasteiger partial charge in [-0.15, -0.1) is 0 Å². The van der Waals surface area contributed by atoms with Gasteiger partial charge in [0.05, 0.1) is 18.5 Å². The summed E-state index contributed by atoms with van der Waals surface area (Å²) in [7, 11) is 1.67. The van der Waals surface area contributed by atoms with Gasteiger partial charge in [-0.2, -0.15) is 0 Å². The zero-order valence-corrected chi connectivity index (χ0v) is 11.2. The maximum absolute atomic E-state index is 5.18. The zero-order valence-electron chi connectivity index (χ0n) is 11.2. The van der Waals surface area contributed by atoms with Crippen LogP contribution in [0.15, 0.2) is 67.0 Å². The highest BCUT2D eigenvalue weighted by Gasteiger charge is 2.03. The lowest BCUT2D eigenvalue weighted by Gasteiger charge is -2.05. The molecule has 0 atom stereocenters. The average Bonchev–Trinajstić information content (AvgIpc) is 2.56. The summed E-state index contributed by atoms with van der Waals surface area (Å²) in [6.45, 7) is 0. The van der Waals surface area contributed by atoms with E-state index in [-0.39, 0.29) is 0 Å². The van der Waals surface area contributed by atoms with E-state index in [9.17, 15) is 0 Å². The highest BCUT2D eigenvalue weighted by molar-refractivity contribution is 5.69. The summed E-state index contributed by atoms with van der Waals surface area (Å²) < 4.78 is 5.18. The lowest BCUT2D eigenvalue weighted by molar-refractivity contribution is 0.415. The number of aromatic nitrogens is 2. The number of benzene rings is 1. The third-order valence-electron chi connectivity index (χ3n) is 3.11. The van der Waals surface area contributed by atoms with Crippen LogP contribution in [0.4, 0.5) is 0 Å². The Morgan fingerprint density at radius 2 is 1.55 bits per heavy atom. The Labute approximate surface area is 117 Å². The van der Waals surface area contributed by atoms with Crippen molar-refractivity contribution < 1.29 is 4.74 Å². The van der Waals surface area contributed by atoms with Gasteiger partial charge in [-0.25, -0.2) is 0 Å². The number of hydrogen-bond acceptors (Lipinski definition) is 3. The normalized spacial score (nSPS) is 10.2. The van der Waals surface area contributed by atoms with E-state index >= 15 is 0 Å². The number of pyridine rings is 2. The number of ether oxygens (including phenoxy) is 1. The molecule has 0 unspecified atom stereocenters. The molecule has 0 bridgehead atoms. The summed E-state index contributed by atoms with van der Waals surface area (Å²) in [6, 6.07) is 17.8. The number of methoxy groups -OCH3 is 1. The van der Waals surface area contributed by atoms with Crippen molar-refractivity contribution in [1.29, 1.82) is 0 Å². The first-order chi connectivity index (χ1) is 9.86. The highest BCUT2D eigenvalue weighted by atomic mass is 16.5. The van der Waals surface area contributed by atoms with Crippen LogP contribution < -0.4 is 4.74 Å². The smallest absolute Gasteiger partial charge is 0.118 e. The minimum Gasteiger partial charge on any atom is -0.497 e. The quantitative estimate of drug-likeness (QED) is 0.719. The Kier molecular flexibility index (Phi) is 3.42. The molecule has 1 aromatic carbocycles. The van der Waals surface area contributed by atoms with Crippen molar-refractivity contribution in [3.63, 3.8) is 0 Å². The second kappa shape index (κ2) is 5.53. The number of rotatable bonds is 3. The van der Waals surface area contributed by atoms with Gasteiger partial charge in [-0.3, -0.25) is 9.97 Å². The van der Waals surface area contributed by atoms with E-state index in [1.54, 1.807) is 13.3 Å². The molecule has 0 amide bonds. The third kappa shape index (κ3) is 2.52. The van der Waals surface area contributed by atoms with E-state index in [0.717, 1.165) is 28.3 Å². The van der Waals surface area contributed by atoms with Crippen LogP contribution in [0.25, 0.3) is 22.5 Å². The second-order valence-electron chi connectivity index (χ2n) is 4.37. The van der Waals surface area contributed by atoms with Crippen molar-refractivity contribution in [2.75, 3.05) is 7.11 Å². The summed E-state index contributed by atoms with van der Waals surface area (Å²) in [6.07, 6.45) is 3.58. The van der Waals surface area contributed by atoms with E-state index < -0.39 is 0 Å². The Hall–Kier alpha value is -2.68. The van der Waals surface area contributed by atoms with Crippen LogP contribution in [0.1, 0.15) is 0 Å². The molecule has 0 fully saturated rings. The first-order valence-electron chi connectivity index (χ1n) is 6.39. The molecular formula is C17H14N2O. The molecule has 3 aromatic rings. The summed E-state index contributed by atoms with van der Waals surface area (Å²) in [5.74, 6) is 0.854. The Balaban J connectivity index is 1.98. The molecule has 2 aromatic heterocycles. The van der Waals surface area contributed by atoms with Gasteiger partial charge >= 0.3 is 0 Å². The molecule has 2 heterocycles. The molecule has 0 spiro atoms. The molecule has 20 heavy (non-hydrogen) atoms.